The van der Waals surface area contributed by atoms with E-state index >= 15 is 0 Å². The van der Waals surface area contributed by atoms with Crippen molar-refractivity contribution in [1.82, 2.24) is 14.6 Å². The summed E-state index contributed by atoms with van der Waals surface area (Å²) in [5.74, 6) is 0.977. The predicted octanol–water partition coefficient (Wildman–Crippen LogP) is 3.30. The Bertz CT molecular complexity index is 659. The molecule has 0 aromatic carbocycles. The first-order valence-corrected chi connectivity index (χ1v) is 5.26. The first-order chi connectivity index (χ1) is 7.74. The van der Waals surface area contributed by atoms with Crippen molar-refractivity contribution in [3.8, 4) is 11.6 Å². The highest BCUT2D eigenvalue weighted by Gasteiger charge is 2.11. The number of nitrogens with zero attached hydrogens (tertiary/aromatic N) is 3. The van der Waals surface area contributed by atoms with Gasteiger partial charge in [-0.2, -0.15) is 0 Å². The minimum absolute atomic E-state index is 0.306. The number of rotatable bonds is 1. The van der Waals surface area contributed by atoms with Gasteiger partial charge in [0.1, 0.15) is 5.15 Å². The minimum Gasteiger partial charge on any atom is -0.441 e. The third kappa shape index (κ3) is 1.47. The van der Waals surface area contributed by atoms with Crippen LogP contribution in [0.3, 0.4) is 0 Å². The van der Waals surface area contributed by atoms with E-state index in [4.69, 9.17) is 27.6 Å². The molecule has 0 amide bonds. The number of furan rings is 1. The molecule has 0 atom stereocenters. The molecule has 6 heteroatoms. The normalized spacial score (nSPS) is 11.1. The van der Waals surface area contributed by atoms with E-state index < -0.39 is 0 Å². The second-order valence-electron chi connectivity index (χ2n) is 3.16. The van der Waals surface area contributed by atoms with Crippen LogP contribution in [0.25, 0.3) is 17.2 Å². The fourth-order valence-corrected chi connectivity index (χ4v) is 1.76. The summed E-state index contributed by atoms with van der Waals surface area (Å²) in [6, 6.07) is 8.72. The lowest BCUT2D eigenvalue weighted by Crippen LogP contribution is -1.87. The van der Waals surface area contributed by atoms with E-state index in [1.807, 2.05) is 12.1 Å². The molecule has 0 N–H and O–H groups in total. The number of aromatic nitrogens is 3. The Morgan fingerprint density at radius 1 is 1.12 bits per heavy atom. The number of halogens is 2. The van der Waals surface area contributed by atoms with Gasteiger partial charge in [0.05, 0.1) is 0 Å². The van der Waals surface area contributed by atoms with Gasteiger partial charge in [0, 0.05) is 0 Å². The van der Waals surface area contributed by atoms with E-state index in [0.29, 0.717) is 27.6 Å². The summed E-state index contributed by atoms with van der Waals surface area (Å²) >= 11 is 11.7. The Labute approximate surface area is 100 Å². The fraction of sp³-hybridized carbons (Fsp3) is 0. The first kappa shape index (κ1) is 9.69. The van der Waals surface area contributed by atoms with Gasteiger partial charge in [0.15, 0.2) is 16.6 Å². The van der Waals surface area contributed by atoms with E-state index in [-0.39, 0.29) is 0 Å². The average molecular weight is 254 g/mol. The number of pyridine rings is 1. The molecule has 0 spiro atoms. The molecule has 3 aromatic rings. The van der Waals surface area contributed by atoms with Gasteiger partial charge in [-0.15, -0.1) is 5.10 Å². The van der Waals surface area contributed by atoms with E-state index in [0.717, 1.165) is 0 Å². The maximum absolute atomic E-state index is 5.97. The third-order valence-corrected chi connectivity index (χ3v) is 2.60. The Balaban J connectivity index is 2.22. The Hall–Kier alpha value is -1.52. The van der Waals surface area contributed by atoms with Crippen molar-refractivity contribution in [3.63, 3.8) is 0 Å². The second-order valence-corrected chi connectivity index (χ2v) is 3.92. The largest absolute Gasteiger partial charge is 0.441 e. The molecule has 16 heavy (non-hydrogen) atoms. The zero-order valence-electron chi connectivity index (χ0n) is 7.89. The highest BCUT2D eigenvalue weighted by Crippen LogP contribution is 2.23. The van der Waals surface area contributed by atoms with Gasteiger partial charge in [0.2, 0.25) is 5.82 Å². The summed E-state index contributed by atoms with van der Waals surface area (Å²) in [5.41, 5.74) is 0.662. The molecule has 0 fully saturated rings. The maximum atomic E-state index is 5.97. The second kappa shape index (κ2) is 3.50. The Kier molecular flexibility index (Phi) is 2.12. The molecule has 3 heterocycles. The molecule has 4 nitrogen and oxygen atoms in total. The topological polar surface area (TPSA) is 43.3 Å². The minimum atomic E-state index is 0.306. The quantitative estimate of drug-likeness (QED) is 0.626. The van der Waals surface area contributed by atoms with Crippen LogP contribution in [0, 0.1) is 0 Å². The van der Waals surface area contributed by atoms with Crippen LogP contribution in [-0.4, -0.2) is 14.6 Å². The molecule has 0 radical (unpaired) electrons. The van der Waals surface area contributed by atoms with Gasteiger partial charge in [-0.1, -0.05) is 17.7 Å². The zero-order valence-corrected chi connectivity index (χ0v) is 9.40. The maximum Gasteiger partial charge on any atom is 0.218 e. The standard InChI is InChI=1S/C10H5Cl2N3O/c11-7-2-1-3-9-13-10(14-15(7)9)6-4-5-8(12)16-6/h1-5H. The molecular formula is C10H5Cl2N3O. The predicted molar refractivity (Wildman–Crippen MR) is 60.7 cm³/mol. The Morgan fingerprint density at radius 3 is 2.69 bits per heavy atom. The molecule has 0 bridgehead atoms. The van der Waals surface area contributed by atoms with E-state index in [9.17, 15) is 0 Å². The lowest BCUT2D eigenvalue weighted by molar-refractivity contribution is 0.579. The third-order valence-electron chi connectivity index (χ3n) is 2.11. The molecular weight excluding hydrogens is 249 g/mol. The van der Waals surface area contributed by atoms with Crippen molar-refractivity contribution in [3.05, 3.63) is 40.7 Å². The molecule has 0 saturated heterocycles. The van der Waals surface area contributed by atoms with Crippen molar-refractivity contribution < 1.29 is 4.42 Å². The smallest absolute Gasteiger partial charge is 0.218 e. The summed E-state index contributed by atoms with van der Waals surface area (Å²) in [6.45, 7) is 0. The van der Waals surface area contributed by atoms with Crippen LogP contribution >= 0.6 is 23.2 Å². The van der Waals surface area contributed by atoms with E-state index in [2.05, 4.69) is 10.1 Å². The van der Waals surface area contributed by atoms with Crippen molar-refractivity contribution in [2.75, 3.05) is 0 Å². The summed E-state index contributed by atoms with van der Waals surface area (Å²) in [6.07, 6.45) is 0. The molecule has 3 rings (SSSR count). The van der Waals surface area contributed by atoms with Gasteiger partial charge >= 0.3 is 0 Å². The fourth-order valence-electron chi connectivity index (χ4n) is 1.41. The van der Waals surface area contributed by atoms with Crippen LogP contribution in [0.4, 0.5) is 0 Å². The summed E-state index contributed by atoms with van der Waals surface area (Å²) in [5, 5.41) is 5.02. The van der Waals surface area contributed by atoms with Crippen molar-refractivity contribution in [1.29, 1.82) is 0 Å². The monoisotopic (exact) mass is 253 g/mol. The summed E-state index contributed by atoms with van der Waals surface area (Å²) in [4.78, 5) is 4.27. The average Bonchev–Trinajstić information content (AvgIpc) is 2.84. The van der Waals surface area contributed by atoms with Crippen molar-refractivity contribution >= 4 is 28.8 Å². The summed E-state index contributed by atoms with van der Waals surface area (Å²) < 4.78 is 6.76. The lowest BCUT2D eigenvalue weighted by atomic mass is 10.4. The van der Waals surface area contributed by atoms with Gasteiger partial charge in [-0.25, -0.2) is 9.50 Å². The van der Waals surface area contributed by atoms with Crippen LogP contribution < -0.4 is 0 Å². The SMILES string of the molecule is Clc1ccc(-c2nc3cccc(Cl)n3n2)o1. The van der Waals surface area contributed by atoms with Crippen LogP contribution in [0.5, 0.6) is 0 Å². The highest BCUT2D eigenvalue weighted by molar-refractivity contribution is 6.29. The zero-order chi connectivity index (χ0) is 11.1. The molecule has 0 saturated carbocycles. The van der Waals surface area contributed by atoms with E-state index in [1.54, 1.807) is 18.2 Å². The van der Waals surface area contributed by atoms with Crippen molar-refractivity contribution in [2.24, 2.45) is 0 Å². The van der Waals surface area contributed by atoms with Gasteiger partial charge in [0.25, 0.3) is 0 Å². The van der Waals surface area contributed by atoms with Crippen LogP contribution in [0.15, 0.2) is 34.7 Å². The van der Waals surface area contributed by atoms with Crippen molar-refractivity contribution in [2.45, 2.75) is 0 Å². The number of fused-ring (bicyclic) bond motifs is 1. The number of hydrogen-bond acceptors (Lipinski definition) is 3. The molecule has 0 aliphatic carbocycles. The summed E-state index contributed by atoms with van der Waals surface area (Å²) in [7, 11) is 0. The van der Waals surface area contributed by atoms with Gasteiger partial charge in [-0.3, -0.25) is 0 Å². The van der Waals surface area contributed by atoms with Crippen LogP contribution in [-0.2, 0) is 0 Å². The van der Waals surface area contributed by atoms with Gasteiger partial charge in [-0.05, 0) is 35.9 Å². The molecule has 0 aliphatic heterocycles. The first-order valence-electron chi connectivity index (χ1n) is 4.51. The molecule has 0 aliphatic rings. The Morgan fingerprint density at radius 2 is 2.00 bits per heavy atom. The van der Waals surface area contributed by atoms with Crippen LogP contribution in [0.2, 0.25) is 10.4 Å². The molecule has 80 valence electrons. The number of hydrogen-bond donors (Lipinski definition) is 0. The molecule has 3 aromatic heterocycles. The molecule has 0 unspecified atom stereocenters. The van der Waals surface area contributed by atoms with E-state index in [1.165, 1.54) is 4.52 Å². The lowest BCUT2D eigenvalue weighted by Gasteiger charge is -1.91. The van der Waals surface area contributed by atoms with Gasteiger partial charge < -0.3 is 4.42 Å². The highest BCUT2D eigenvalue weighted by atomic mass is 35.5. The van der Waals surface area contributed by atoms with Crippen LogP contribution in [0.1, 0.15) is 0 Å².